The van der Waals surface area contributed by atoms with E-state index in [0.29, 0.717) is 25.5 Å². The Labute approximate surface area is 131 Å². The number of fused-ring (bicyclic) bond motifs is 1. The molecule has 0 aliphatic rings. The number of hydrogen-bond donors (Lipinski definition) is 1. The lowest BCUT2D eigenvalue weighted by Gasteiger charge is -2.06. The molecule has 0 amide bonds. The zero-order valence-corrected chi connectivity index (χ0v) is 13.2. The Bertz CT molecular complexity index is 854. The van der Waals surface area contributed by atoms with Gasteiger partial charge in [0.1, 0.15) is 16.5 Å². The van der Waals surface area contributed by atoms with Crippen LogP contribution in [0.3, 0.4) is 0 Å². The molecule has 0 fully saturated rings. The second-order valence-electron chi connectivity index (χ2n) is 4.24. The van der Waals surface area contributed by atoms with Crippen LogP contribution < -0.4 is 5.43 Å². The molecule has 0 saturated heterocycles. The molecule has 3 nitrogen and oxygen atoms in total. The van der Waals surface area contributed by atoms with Gasteiger partial charge in [0.15, 0.2) is 5.58 Å². The van der Waals surface area contributed by atoms with E-state index in [9.17, 15) is 9.90 Å². The van der Waals surface area contributed by atoms with Crippen LogP contribution in [0.15, 0.2) is 60.8 Å². The van der Waals surface area contributed by atoms with E-state index in [-0.39, 0.29) is 11.2 Å². The highest BCUT2D eigenvalue weighted by molar-refractivity contribution is 9.11. The second-order valence-corrected chi connectivity index (χ2v) is 5.89. The number of phenolic OH excluding ortho intramolecular Hbond substituents is 1. The monoisotopic (exact) mass is 394 g/mol. The maximum absolute atomic E-state index is 12.6. The molecule has 1 aromatic heterocycles. The summed E-state index contributed by atoms with van der Waals surface area (Å²) in [4.78, 5) is 12.6. The van der Waals surface area contributed by atoms with Crippen molar-refractivity contribution in [1.82, 2.24) is 0 Å². The third-order valence-electron chi connectivity index (χ3n) is 3.02. The van der Waals surface area contributed by atoms with Gasteiger partial charge in [0.2, 0.25) is 5.43 Å². The molecule has 0 spiro atoms. The minimum atomic E-state index is -0.140. The number of halogens is 2. The van der Waals surface area contributed by atoms with Crippen LogP contribution in [0.5, 0.6) is 5.75 Å². The smallest absolute Gasteiger partial charge is 0.200 e. The topological polar surface area (TPSA) is 50.4 Å². The van der Waals surface area contributed by atoms with E-state index < -0.39 is 0 Å². The minimum Gasteiger partial charge on any atom is -0.505 e. The van der Waals surface area contributed by atoms with E-state index in [4.69, 9.17) is 4.42 Å². The van der Waals surface area contributed by atoms with Crippen LogP contribution in [0.4, 0.5) is 0 Å². The fourth-order valence-corrected chi connectivity index (χ4v) is 3.22. The molecular formula is C15H8Br2O3. The molecule has 0 saturated carbocycles. The first-order chi connectivity index (χ1) is 9.59. The third kappa shape index (κ3) is 2.07. The highest BCUT2D eigenvalue weighted by Gasteiger charge is 2.15. The molecule has 2 aromatic carbocycles. The summed E-state index contributed by atoms with van der Waals surface area (Å²) in [6.07, 6.45) is 1.41. The van der Waals surface area contributed by atoms with Crippen molar-refractivity contribution in [2.75, 3.05) is 0 Å². The Morgan fingerprint density at radius 1 is 1.10 bits per heavy atom. The van der Waals surface area contributed by atoms with E-state index in [1.54, 1.807) is 6.07 Å². The summed E-state index contributed by atoms with van der Waals surface area (Å²) in [7, 11) is 0. The normalized spacial score (nSPS) is 10.9. The highest BCUT2D eigenvalue weighted by Crippen LogP contribution is 2.38. The molecule has 1 N–H and O–H groups in total. The zero-order chi connectivity index (χ0) is 14.3. The molecule has 0 aliphatic carbocycles. The molecule has 100 valence electrons. The Morgan fingerprint density at radius 3 is 2.50 bits per heavy atom. The molecule has 3 rings (SSSR count). The van der Waals surface area contributed by atoms with Gasteiger partial charge in [-0.2, -0.15) is 0 Å². The highest BCUT2D eigenvalue weighted by atomic mass is 79.9. The van der Waals surface area contributed by atoms with Crippen molar-refractivity contribution in [2.45, 2.75) is 0 Å². The van der Waals surface area contributed by atoms with Gasteiger partial charge in [-0.25, -0.2) is 0 Å². The minimum absolute atomic E-state index is 0.00751. The Hall–Kier alpha value is -1.59. The molecule has 0 radical (unpaired) electrons. The third-order valence-corrected chi connectivity index (χ3v) is 4.36. The van der Waals surface area contributed by atoms with Crippen LogP contribution in [-0.4, -0.2) is 5.11 Å². The fraction of sp³-hybridized carbons (Fsp3) is 0. The quantitative estimate of drug-likeness (QED) is 0.650. The summed E-state index contributed by atoms with van der Waals surface area (Å²) in [6, 6.07) is 10.9. The van der Waals surface area contributed by atoms with Gasteiger partial charge >= 0.3 is 0 Å². The summed E-state index contributed by atoms with van der Waals surface area (Å²) in [5.74, 6) is 0.00751. The van der Waals surface area contributed by atoms with Crippen molar-refractivity contribution in [3.63, 3.8) is 0 Å². The van der Waals surface area contributed by atoms with E-state index in [1.807, 2.05) is 30.3 Å². The van der Waals surface area contributed by atoms with Gasteiger partial charge < -0.3 is 9.52 Å². The lowest BCUT2D eigenvalue weighted by molar-refractivity contribution is 0.467. The molecule has 20 heavy (non-hydrogen) atoms. The van der Waals surface area contributed by atoms with Crippen LogP contribution >= 0.6 is 31.9 Å². The molecule has 0 aliphatic heterocycles. The van der Waals surface area contributed by atoms with Crippen molar-refractivity contribution in [1.29, 1.82) is 0 Å². The summed E-state index contributed by atoms with van der Waals surface area (Å²) < 4.78 is 6.32. The Balaban J connectivity index is 2.38. The molecule has 1 heterocycles. The maximum atomic E-state index is 12.6. The van der Waals surface area contributed by atoms with Gasteiger partial charge in [0.05, 0.1) is 15.4 Å². The van der Waals surface area contributed by atoms with Crippen molar-refractivity contribution in [3.8, 4) is 16.9 Å². The van der Waals surface area contributed by atoms with Crippen molar-refractivity contribution in [3.05, 3.63) is 61.8 Å². The standard InChI is InChI=1S/C15H8Br2O3/c16-11-6-9-13(18)10(8-4-2-1-3-5-8)7-20-15(9)12(17)14(11)19/h1-7,19H. The predicted molar refractivity (Wildman–Crippen MR) is 85.0 cm³/mol. The molecule has 0 unspecified atom stereocenters. The van der Waals surface area contributed by atoms with Gasteiger partial charge in [-0.1, -0.05) is 30.3 Å². The predicted octanol–water partition coefficient (Wildman–Crippen LogP) is 4.69. The number of aromatic hydroxyl groups is 1. The van der Waals surface area contributed by atoms with Crippen molar-refractivity contribution in [2.24, 2.45) is 0 Å². The van der Waals surface area contributed by atoms with Crippen molar-refractivity contribution < 1.29 is 9.52 Å². The number of phenols is 1. The largest absolute Gasteiger partial charge is 0.505 e. The second kappa shape index (κ2) is 5.07. The Kier molecular flexibility index (Phi) is 3.40. The molecule has 0 bridgehead atoms. The van der Waals surface area contributed by atoms with E-state index in [0.717, 1.165) is 5.56 Å². The zero-order valence-electron chi connectivity index (χ0n) is 10.1. The number of hydrogen-bond acceptors (Lipinski definition) is 3. The summed E-state index contributed by atoms with van der Waals surface area (Å²) >= 11 is 6.46. The van der Waals surface area contributed by atoms with Crippen LogP contribution in [0.1, 0.15) is 0 Å². The first-order valence-corrected chi connectivity index (χ1v) is 7.36. The maximum Gasteiger partial charge on any atom is 0.200 e. The van der Waals surface area contributed by atoms with Crippen LogP contribution in [0, 0.1) is 0 Å². The molecule has 5 heteroatoms. The van der Waals surface area contributed by atoms with E-state index in [1.165, 1.54) is 6.26 Å². The molecule has 3 aromatic rings. The first-order valence-electron chi connectivity index (χ1n) is 5.77. The first kappa shape index (κ1) is 13.4. The average Bonchev–Trinajstić information content (AvgIpc) is 2.47. The lowest BCUT2D eigenvalue weighted by atomic mass is 10.1. The number of rotatable bonds is 1. The SMILES string of the molecule is O=c1c(-c2ccccc2)coc2c(Br)c(O)c(Br)cc12. The molecule has 0 atom stereocenters. The van der Waals surface area contributed by atoms with E-state index in [2.05, 4.69) is 31.9 Å². The summed E-state index contributed by atoms with van der Waals surface area (Å²) in [5.41, 5.74) is 1.47. The van der Waals surface area contributed by atoms with Gasteiger partial charge in [-0.15, -0.1) is 0 Å². The van der Waals surface area contributed by atoms with Crippen LogP contribution in [-0.2, 0) is 0 Å². The van der Waals surface area contributed by atoms with E-state index >= 15 is 0 Å². The number of benzene rings is 2. The summed E-state index contributed by atoms with van der Waals surface area (Å²) in [5, 5.41) is 10.2. The van der Waals surface area contributed by atoms with Gasteiger partial charge in [0, 0.05) is 0 Å². The van der Waals surface area contributed by atoms with Gasteiger partial charge in [0.25, 0.3) is 0 Å². The average molecular weight is 396 g/mol. The Morgan fingerprint density at radius 2 is 1.80 bits per heavy atom. The summed E-state index contributed by atoms with van der Waals surface area (Å²) in [6.45, 7) is 0. The van der Waals surface area contributed by atoms with Crippen LogP contribution in [0.25, 0.3) is 22.1 Å². The van der Waals surface area contributed by atoms with Crippen molar-refractivity contribution >= 4 is 42.8 Å². The van der Waals surface area contributed by atoms with Crippen LogP contribution in [0.2, 0.25) is 0 Å². The fourth-order valence-electron chi connectivity index (χ4n) is 2.01. The van der Waals surface area contributed by atoms with Gasteiger partial charge in [-0.05, 0) is 43.5 Å². The van der Waals surface area contributed by atoms with Gasteiger partial charge in [-0.3, -0.25) is 4.79 Å². The molecular weight excluding hydrogens is 388 g/mol. The lowest BCUT2D eigenvalue weighted by Crippen LogP contribution is -2.05.